The summed E-state index contributed by atoms with van der Waals surface area (Å²) in [6.07, 6.45) is 0. The fourth-order valence-electron chi connectivity index (χ4n) is 2.34. The molecule has 0 fully saturated rings. The lowest BCUT2D eigenvalue weighted by Crippen LogP contribution is -2.29. The standard InChI is InChI=1S/C18H18F3NO3/c1-11(12-4-7-14(19)8-5-12)22(2)17(23)13-6-9-15(25-18(20)21)16(10-13)24-3/h4-11,18H,1-3H3. The molecule has 7 heteroatoms. The van der Waals surface area contributed by atoms with Crippen LogP contribution in [0.3, 0.4) is 0 Å². The molecule has 4 nitrogen and oxygen atoms in total. The van der Waals surface area contributed by atoms with Crippen molar-refractivity contribution in [3.8, 4) is 11.5 Å². The minimum Gasteiger partial charge on any atom is -0.493 e. The van der Waals surface area contributed by atoms with E-state index in [4.69, 9.17) is 4.74 Å². The Morgan fingerprint density at radius 3 is 2.28 bits per heavy atom. The summed E-state index contributed by atoms with van der Waals surface area (Å²) in [4.78, 5) is 14.1. The van der Waals surface area contributed by atoms with Gasteiger partial charge in [0.25, 0.3) is 5.91 Å². The van der Waals surface area contributed by atoms with Crippen LogP contribution in [0.1, 0.15) is 28.9 Å². The maximum atomic E-state index is 13.0. The zero-order chi connectivity index (χ0) is 18.6. The fraction of sp³-hybridized carbons (Fsp3) is 0.278. The summed E-state index contributed by atoms with van der Waals surface area (Å²) in [5.74, 6) is -0.805. The summed E-state index contributed by atoms with van der Waals surface area (Å²) in [6, 6.07) is 9.52. The number of carbonyl (C=O) groups is 1. The molecule has 2 aromatic carbocycles. The summed E-state index contributed by atoms with van der Waals surface area (Å²) in [5.41, 5.74) is 1.02. The highest BCUT2D eigenvalue weighted by molar-refractivity contribution is 5.95. The van der Waals surface area contributed by atoms with Gasteiger partial charge in [-0.3, -0.25) is 4.79 Å². The first-order valence-electron chi connectivity index (χ1n) is 7.49. The highest BCUT2D eigenvalue weighted by atomic mass is 19.3. The second-order valence-electron chi connectivity index (χ2n) is 5.39. The molecule has 1 unspecified atom stereocenters. The lowest BCUT2D eigenvalue weighted by atomic mass is 10.1. The van der Waals surface area contributed by atoms with Gasteiger partial charge in [-0.2, -0.15) is 8.78 Å². The SMILES string of the molecule is COc1cc(C(=O)N(C)C(C)c2ccc(F)cc2)ccc1OC(F)F. The van der Waals surface area contributed by atoms with Crippen LogP contribution in [0.4, 0.5) is 13.2 Å². The third kappa shape index (κ3) is 4.43. The van der Waals surface area contributed by atoms with Gasteiger partial charge in [0.15, 0.2) is 11.5 Å². The summed E-state index contributed by atoms with van der Waals surface area (Å²) >= 11 is 0. The van der Waals surface area contributed by atoms with Crippen molar-refractivity contribution < 1.29 is 27.4 Å². The molecule has 25 heavy (non-hydrogen) atoms. The second kappa shape index (κ2) is 7.92. The number of alkyl halides is 2. The predicted octanol–water partition coefficient (Wildman–Crippen LogP) is 4.27. The molecule has 0 bridgehead atoms. The molecule has 0 aliphatic carbocycles. The Kier molecular flexibility index (Phi) is 5.90. The van der Waals surface area contributed by atoms with Crippen molar-refractivity contribution >= 4 is 5.91 Å². The van der Waals surface area contributed by atoms with Crippen LogP contribution in [0.25, 0.3) is 0 Å². The number of ether oxygens (including phenoxy) is 2. The summed E-state index contributed by atoms with van der Waals surface area (Å²) in [7, 11) is 2.90. The monoisotopic (exact) mass is 353 g/mol. The van der Waals surface area contributed by atoms with E-state index in [9.17, 15) is 18.0 Å². The molecule has 2 aromatic rings. The van der Waals surface area contributed by atoms with Crippen LogP contribution in [0, 0.1) is 5.82 Å². The van der Waals surface area contributed by atoms with Gasteiger partial charge in [0.1, 0.15) is 5.82 Å². The first-order chi connectivity index (χ1) is 11.8. The van der Waals surface area contributed by atoms with Crippen molar-refractivity contribution in [2.45, 2.75) is 19.6 Å². The Balaban J connectivity index is 2.22. The van der Waals surface area contributed by atoms with E-state index in [0.29, 0.717) is 0 Å². The third-order valence-electron chi connectivity index (χ3n) is 3.88. The van der Waals surface area contributed by atoms with E-state index < -0.39 is 6.61 Å². The minimum atomic E-state index is -2.99. The molecule has 0 heterocycles. The number of halogens is 3. The Morgan fingerprint density at radius 1 is 1.08 bits per heavy atom. The number of hydrogen-bond acceptors (Lipinski definition) is 3. The van der Waals surface area contributed by atoms with E-state index in [-0.39, 0.29) is 34.8 Å². The second-order valence-corrected chi connectivity index (χ2v) is 5.39. The van der Waals surface area contributed by atoms with Crippen LogP contribution in [-0.4, -0.2) is 31.6 Å². The van der Waals surface area contributed by atoms with E-state index >= 15 is 0 Å². The van der Waals surface area contributed by atoms with Crippen molar-refractivity contribution in [1.82, 2.24) is 4.90 Å². The largest absolute Gasteiger partial charge is 0.493 e. The Bertz CT molecular complexity index is 735. The third-order valence-corrected chi connectivity index (χ3v) is 3.88. The van der Waals surface area contributed by atoms with Gasteiger partial charge in [0, 0.05) is 12.6 Å². The highest BCUT2D eigenvalue weighted by Crippen LogP contribution is 2.30. The van der Waals surface area contributed by atoms with Crippen LogP contribution >= 0.6 is 0 Å². The summed E-state index contributed by atoms with van der Waals surface area (Å²) < 4.78 is 47.1. The molecule has 0 N–H and O–H groups in total. The molecule has 0 saturated carbocycles. The van der Waals surface area contributed by atoms with Gasteiger partial charge in [-0.15, -0.1) is 0 Å². The molecule has 134 valence electrons. The first-order valence-corrected chi connectivity index (χ1v) is 7.49. The number of rotatable bonds is 6. The smallest absolute Gasteiger partial charge is 0.387 e. The lowest BCUT2D eigenvalue weighted by molar-refractivity contribution is -0.0512. The maximum Gasteiger partial charge on any atom is 0.387 e. The molecule has 1 amide bonds. The van der Waals surface area contributed by atoms with Crippen molar-refractivity contribution in [1.29, 1.82) is 0 Å². The fourth-order valence-corrected chi connectivity index (χ4v) is 2.34. The first kappa shape index (κ1) is 18.6. The van der Waals surface area contributed by atoms with Crippen LogP contribution in [-0.2, 0) is 0 Å². The number of carbonyl (C=O) groups excluding carboxylic acids is 1. The molecular weight excluding hydrogens is 335 g/mol. The van der Waals surface area contributed by atoms with E-state index in [2.05, 4.69) is 4.74 Å². The van der Waals surface area contributed by atoms with Crippen LogP contribution in [0.15, 0.2) is 42.5 Å². The van der Waals surface area contributed by atoms with E-state index in [0.717, 1.165) is 5.56 Å². The van der Waals surface area contributed by atoms with Crippen molar-refractivity contribution in [3.63, 3.8) is 0 Å². The van der Waals surface area contributed by atoms with Gasteiger partial charge in [0.2, 0.25) is 0 Å². The molecule has 0 spiro atoms. The van der Waals surface area contributed by atoms with Gasteiger partial charge in [-0.1, -0.05) is 12.1 Å². The van der Waals surface area contributed by atoms with Gasteiger partial charge in [-0.25, -0.2) is 4.39 Å². The number of amides is 1. The number of hydrogen-bond donors (Lipinski definition) is 0. The molecular formula is C18H18F3NO3. The Hall–Kier alpha value is -2.70. The summed E-state index contributed by atoms with van der Waals surface area (Å²) in [5, 5.41) is 0. The minimum absolute atomic E-state index is 0.0361. The number of methoxy groups -OCH3 is 1. The topological polar surface area (TPSA) is 38.8 Å². The van der Waals surface area contributed by atoms with Gasteiger partial charge in [-0.05, 0) is 42.8 Å². The Morgan fingerprint density at radius 2 is 1.72 bits per heavy atom. The lowest BCUT2D eigenvalue weighted by Gasteiger charge is -2.25. The van der Waals surface area contributed by atoms with Crippen LogP contribution < -0.4 is 9.47 Å². The van der Waals surface area contributed by atoms with Crippen molar-refractivity contribution in [2.24, 2.45) is 0 Å². The van der Waals surface area contributed by atoms with Crippen molar-refractivity contribution in [2.75, 3.05) is 14.2 Å². The van der Waals surface area contributed by atoms with Crippen LogP contribution in [0.5, 0.6) is 11.5 Å². The molecule has 1 atom stereocenters. The van der Waals surface area contributed by atoms with E-state index in [1.165, 1.54) is 42.3 Å². The molecule has 0 saturated heterocycles. The average molecular weight is 353 g/mol. The molecule has 0 radical (unpaired) electrons. The van der Waals surface area contributed by atoms with Gasteiger partial charge >= 0.3 is 6.61 Å². The average Bonchev–Trinajstić information content (AvgIpc) is 2.60. The van der Waals surface area contributed by atoms with Gasteiger partial charge < -0.3 is 14.4 Å². The van der Waals surface area contributed by atoms with Crippen LogP contribution in [0.2, 0.25) is 0 Å². The molecule has 0 aliphatic rings. The normalized spacial score (nSPS) is 12.0. The molecule has 2 rings (SSSR count). The number of benzene rings is 2. The van der Waals surface area contributed by atoms with E-state index in [1.54, 1.807) is 26.1 Å². The maximum absolute atomic E-state index is 13.0. The van der Waals surface area contributed by atoms with E-state index in [1.807, 2.05) is 0 Å². The Labute approximate surface area is 143 Å². The zero-order valence-corrected chi connectivity index (χ0v) is 14.0. The quantitative estimate of drug-likeness (QED) is 0.779. The molecule has 0 aromatic heterocycles. The zero-order valence-electron chi connectivity index (χ0n) is 14.0. The van der Waals surface area contributed by atoms with Gasteiger partial charge in [0.05, 0.1) is 13.2 Å². The molecule has 0 aliphatic heterocycles. The predicted molar refractivity (Wildman–Crippen MR) is 86.5 cm³/mol. The highest BCUT2D eigenvalue weighted by Gasteiger charge is 2.21. The summed E-state index contributed by atoms with van der Waals surface area (Å²) in [6.45, 7) is -1.19. The van der Waals surface area contributed by atoms with Crippen molar-refractivity contribution in [3.05, 3.63) is 59.4 Å². The number of nitrogens with zero attached hydrogens (tertiary/aromatic N) is 1.